The van der Waals surface area contributed by atoms with Gasteiger partial charge in [0.2, 0.25) is 5.75 Å². The highest BCUT2D eigenvalue weighted by atomic mass is 32.2. The number of carbonyl (C=O) groups excluding carboxylic acids is 1. The van der Waals surface area contributed by atoms with Crippen LogP contribution in [0.1, 0.15) is 18.1 Å². The van der Waals surface area contributed by atoms with Gasteiger partial charge in [0.1, 0.15) is 0 Å². The zero-order valence-electron chi connectivity index (χ0n) is 15.1. The van der Waals surface area contributed by atoms with E-state index in [1.165, 1.54) is 11.6 Å². The first-order valence-electron chi connectivity index (χ1n) is 8.49. The van der Waals surface area contributed by atoms with E-state index in [-0.39, 0.29) is 10.5 Å². The molecule has 0 radical (unpaired) electrons. The Bertz CT molecular complexity index is 1020. The summed E-state index contributed by atoms with van der Waals surface area (Å²) in [5, 5.41) is 38.0. The van der Waals surface area contributed by atoms with Gasteiger partial charge < -0.3 is 15.7 Å². The van der Waals surface area contributed by atoms with Gasteiger partial charge in [-0.2, -0.15) is 0 Å². The third-order valence-corrected chi connectivity index (χ3v) is 5.22. The fourth-order valence-electron chi connectivity index (χ4n) is 2.67. The Hall–Kier alpha value is -3.60. The number of carbonyl (C=O) groups is 1. The van der Waals surface area contributed by atoms with E-state index < -0.39 is 38.4 Å². The number of non-ortho nitro benzene ring substituents is 1. The molecule has 1 saturated heterocycles. The van der Waals surface area contributed by atoms with E-state index in [4.69, 9.17) is 0 Å². The highest BCUT2D eigenvalue weighted by molar-refractivity contribution is 8.05. The van der Waals surface area contributed by atoms with E-state index in [1.54, 1.807) is 0 Å². The fourth-order valence-corrected chi connectivity index (χ4v) is 3.65. The number of nitro groups is 2. The van der Waals surface area contributed by atoms with Crippen molar-refractivity contribution in [2.24, 2.45) is 0 Å². The molecule has 2 aromatic rings. The molecule has 10 nitrogen and oxygen atoms in total. The quantitative estimate of drug-likeness (QED) is 0.369. The number of nitrogens with zero attached hydrogens (tertiary/aromatic N) is 2. The SMILES string of the molecule is CCc1ccc(N[C@@H]2NC(=O)/C(=C/c3cc([N+](=O)[O-])cc([N+](=O)[O-])c3O)S2)cc1. The van der Waals surface area contributed by atoms with Crippen LogP contribution in [0.25, 0.3) is 6.08 Å². The number of benzene rings is 2. The molecule has 11 heteroatoms. The summed E-state index contributed by atoms with van der Waals surface area (Å²) in [5.74, 6) is -1.21. The molecule has 0 bridgehead atoms. The zero-order chi connectivity index (χ0) is 21.1. The molecule has 0 aromatic heterocycles. The molecule has 0 unspecified atom stereocenters. The minimum absolute atomic E-state index is 0.151. The lowest BCUT2D eigenvalue weighted by atomic mass is 10.1. The van der Waals surface area contributed by atoms with Gasteiger partial charge in [-0.1, -0.05) is 30.8 Å². The molecule has 150 valence electrons. The van der Waals surface area contributed by atoms with Crippen LogP contribution in [0.5, 0.6) is 5.75 Å². The Morgan fingerprint density at radius 3 is 2.48 bits per heavy atom. The van der Waals surface area contributed by atoms with Crippen LogP contribution < -0.4 is 10.6 Å². The Kier molecular flexibility index (Phi) is 5.69. The Morgan fingerprint density at radius 2 is 1.90 bits per heavy atom. The van der Waals surface area contributed by atoms with Crippen molar-refractivity contribution in [1.29, 1.82) is 0 Å². The number of hydrogen-bond acceptors (Lipinski definition) is 8. The number of thioether (sulfide) groups is 1. The number of nitro benzene ring substituents is 2. The second-order valence-electron chi connectivity index (χ2n) is 6.09. The van der Waals surface area contributed by atoms with E-state index in [1.807, 2.05) is 31.2 Å². The van der Waals surface area contributed by atoms with E-state index in [0.717, 1.165) is 29.9 Å². The average Bonchev–Trinajstić information content (AvgIpc) is 3.02. The van der Waals surface area contributed by atoms with Crippen molar-refractivity contribution >= 4 is 40.8 Å². The monoisotopic (exact) mass is 416 g/mol. The summed E-state index contributed by atoms with van der Waals surface area (Å²) in [6.07, 6.45) is 2.10. The molecule has 3 N–H and O–H groups in total. The molecule has 1 atom stereocenters. The Morgan fingerprint density at radius 1 is 1.21 bits per heavy atom. The predicted octanol–water partition coefficient (Wildman–Crippen LogP) is 3.37. The minimum atomic E-state index is -0.920. The largest absolute Gasteiger partial charge is 0.502 e. The Labute approximate surface area is 168 Å². The van der Waals surface area contributed by atoms with E-state index in [9.17, 15) is 30.1 Å². The average molecular weight is 416 g/mol. The van der Waals surface area contributed by atoms with Crippen LogP contribution in [0.15, 0.2) is 41.3 Å². The molecule has 1 aliphatic heterocycles. The normalized spacial score (nSPS) is 17.2. The lowest BCUT2D eigenvalue weighted by molar-refractivity contribution is -0.394. The molecule has 1 fully saturated rings. The van der Waals surface area contributed by atoms with Gasteiger partial charge in [-0.25, -0.2) is 0 Å². The van der Waals surface area contributed by atoms with Gasteiger partial charge >= 0.3 is 5.69 Å². The minimum Gasteiger partial charge on any atom is -0.502 e. The molecule has 3 rings (SSSR count). The van der Waals surface area contributed by atoms with Crippen molar-refractivity contribution in [3.8, 4) is 5.75 Å². The number of phenolic OH excluding ortho intramolecular Hbond substituents is 1. The van der Waals surface area contributed by atoms with E-state index in [0.29, 0.717) is 6.07 Å². The second kappa shape index (κ2) is 8.19. The van der Waals surface area contributed by atoms with Gasteiger partial charge in [-0.15, -0.1) is 0 Å². The van der Waals surface area contributed by atoms with Crippen molar-refractivity contribution in [3.05, 3.63) is 72.7 Å². The summed E-state index contributed by atoms with van der Waals surface area (Å²) in [6.45, 7) is 2.04. The standard InChI is InChI=1S/C18H16N4O6S/c1-2-10-3-5-12(6-4-10)19-18-20-17(24)15(29-18)8-11-7-13(21(25)26)9-14(16(11)23)22(27)28/h3-9,18-19,23H,2H2,1H3,(H,20,24)/b15-8-/t18-/m1/s1. The lowest BCUT2D eigenvalue weighted by Gasteiger charge is -2.12. The van der Waals surface area contributed by atoms with Crippen LogP contribution in [0.3, 0.4) is 0 Å². The maximum atomic E-state index is 12.2. The van der Waals surface area contributed by atoms with Crippen molar-refractivity contribution < 1.29 is 19.7 Å². The number of rotatable bonds is 6. The van der Waals surface area contributed by atoms with Gasteiger partial charge in [0.25, 0.3) is 11.6 Å². The van der Waals surface area contributed by atoms with Gasteiger partial charge in [0.05, 0.1) is 20.8 Å². The van der Waals surface area contributed by atoms with Crippen molar-refractivity contribution in [2.75, 3.05) is 5.32 Å². The number of hydrogen-bond donors (Lipinski definition) is 3. The van der Waals surface area contributed by atoms with E-state index >= 15 is 0 Å². The molecule has 1 heterocycles. The van der Waals surface area contributed by atoms with Crippen molar-refractivity contribution in [1.82, 2.24) is 5.32 Å². The summed E-state index contributed by atoms with van der Waals surface area (Å²) in [6, 6.07) is 9.32. The number of aromatic hydroxyl groups is 1. The zero-order valence-corrected chi connectivity index (χ0v) is 15.9. The number of aryl methyl sites for hydroxylation is 1. The smallest absolute Gasteiger partial charge is 0.318 e. The molecular weight excluding hydrogens is 400 g/mol. The second-order valence-corrected chi connectivity index (χ2v) is 7.24. The fraction of sp³-hybridized carbons (Fsp3) is 0.167. The van der Waals surface area contributed by atoms with Crippen LogP contribution in [0.4, 0.5) is 17.1 Å². The molecule has 1 aliphatic rings. The van der Waals surface area contributed by atoms with Gasteiger partial charge in [-0.05, 0) is 30.2 Å². The summed E-state index contributed by atoms with van der Waals surface area (Å²) >= 11 is 1.09. The summed E-state index contributed by atoms with van der Waals surface area (Å²) in [7, 11) is 0. The Balaban J connectivity index is 1.85. The third kappa shape index (κ3) is 4.46. The van der Waals surface area contributed by atoms with Crippen LogP contribution in [0.2, 0.25) is 0 Å². The van der Waals surface area contributed by atoms with E-state index in [2.05, 4.69) is 10.6 Å². The maximum absolute atomic E-state index is 12.2. The first kappa shape index (κ1) is 20.1. The number of nitrogens with one attached hydrogen (secondary N) is 2. The van der Waals surface area contributed by atoms with Gasteiger partial charge in [0.15, 0.2) is 5.50 Å². The molecule has 0 saturated carbocycles. The van der Waals surface area contributed by atoms with Crippen molar-refractivity contribution in [2.45, 2.75) is 18.8 Å². The maximum Gasteiger partial charge on any atom is 0.318 e. The molecule has 2 aromatic carbocycles. The molecule has 0 aliphatic carbocycles. The molecule has 1 amide bonds. The van der Waals surface area contributed by atoms with Crippen LogP contribution in [-0.2, 0) is 11.2 Å². The molecule has 0 spiro atoms. The van der Waals surface area contributed by atoms with Gasteiger partial charge in [0, 0.05) is 17.3 Å². The van der Waals surface area contributed by atoms with Crippen LogP contribution in [-0.4, -0.2) is 26.4 Å². The number of anilines is 1. The molecule has 29 heavy (non-hydrogen) atoms. The first-order chi connectivity index (χ1) is 13.8. The van der Waals surface area contributed by atoms with Crippen molar-refractivity contribution in [3.63, 3.8) is 0 Å². The van der Waals surface area contributed by atoms with Gasteiger partial charge in [-0.3, -0.25) is 25.0 Å². The first-order valence-corrected chi connectivity index (χ1v) is 9.37. The number of phenols is 1. The third-order valence-electron chi connectivity index (χ3n) is 4.19. The topological polar surface area (TPSA) is 148 Å². The summed E-state index contributed by atoms with van der Waals surface area (Å²) < 4.78 is 0. The molecular formula is C18H16N4O6S. The number of amides is 1. The highest BCUT2D eigenvalue weighted by Crippen LogP contribution is 2.38. The summed E-state index contributed by atoms with van der Waals surface area (Å²) in [5.41, 5.74) is -0.0961. The summed E-state index contributed by atoms with van der Waals surface area (Å²) in [4.78, 5) is 32.8. The highest BCUT2D eigenvalue weighted by Gasteiger charge is 2.29. The lowest BCUT2D eigenvalue weighted by Crippen LogP contribution is -2.30. The van der Waals surface area contributed by atoms with Crippen LogP contribution in [0, 0.1) is 20.2 Å². The van der Waals surface area contributed by atoms with Crippen LogP contribution >= 0.6 is 11.8 Å². The predicted molar refractivity (Wildman–Crippen MR) is 108 cm³/mol.